The zero-order valence-corrected chi connectivity index (χ0v) is 17.5. The lowest BCUT2D eigenvalue weighted by Gasteiger charge is -2.32. The van der Waals surface area contributed by atoms with E-state index in [0.717, 1.165) is 17.7 Å². The Kier molecular flexibility index (Phi) is 5.82. The second-order valence-corrected chi connectivity index (χ2v) is 8.00. The average Bonchev–Trinajstić information content (AvgIpc) is 2.70. The van der Waals surface area contributed by atoms with Gasteiger partial charge in [-0.15, -0.1) is 0 Å². The Morgan fingerprint density at radius 2 is 1.75 bits per heavy atom. The van der Waals surface area contributed by atoms with Gasteiger partial charge in [-0.2, -0.15) is 0 Å². The first-order valence-corrected chi connectivity index (χ1v) is 9.68. The summed E-state index contributed by atoms with van der Waals surface area (Å²) in [5, 5.41) is 3.13. The molecule has 0 aliphatic carbocycles. The standard InChI is InChI=1S/C23H30N2O3/c1-16-8-6-7-9-19(16)23(2,3)15-24-22(26)25-11-10-17-12-20(27-4)21(28-5)13-18(17)14-25/h6-9,12-13H,10-11,14-15H2,1-5H3,(H,24,26). The van der Waals surface area contributed by atoms with Crippen LogP contribution in [-0.2, 0) is 18.4 Å². The van der Waals surface area contributed by atoms with Crippen LogP contribution in [0.5, 0.6) is 11.5 Å². The Bertz CT molecular complexity index is 861. The summed E-state index contributed by atoms with van der Waals surface area (Å²) in [6, 6.07) is 12.3. The van der Waals surface area contributed by atoms with Gasteiger partial charge >= 0.3 is 6.03 Å². The summed E-state index contributed by atoms with van der Waals surface area (Å²) >= 11 is 0. The highest BCUT2D eigenvalue weighted by Crippen LogP contribution is 2.33. The first kappa shape index (κ1) is 20.1. The van der Waals surface area contributed by atoms with E-state index in [2.05, 4.69) is 44.3 Å². The Morgan fingerprint density at radius 1 is 1.11 bits per heavy atom. The monoisotopic (exact) mass is 382 g/mol. The van der Waals surface area contributed by atoms with Gasteiger partial charge in [0, 0.05) is 25.0 Å². The lowest BCUT2D eigenvalue weighted by Crippen LogP contribution is -2.46. The summed E-state index contributed by atoms with van der Waals surface area (Å²) in [5.74, 6) is 1.43. The van der Waals surface area contributed by atoms with Crippen molar-refractivity contribution in [3.63, 3.8) is 0 Å². The van der Waals surface area contributed by atoms with Gasteiger partial charge in [-0.1, -0.05) is 38.1 Å². The van der Waals surface area contributed by atoms with Crippen LogP contribution < -0.4 is 14.8 Å². The second kappa shape index (κ2) is 8.13. The molecular formula is C23H30N2O3. The molecule has 1 aliphatic rings. The van der Waals surface area contributed by atoms with E-state index < -0.39 is 0 Å². The van der Waals surface area contributed by atoms with Crippen LogP contribution in [-0.4, -0.2) is 38.2 Å². The number of methoxy groups -OCH3 is 2. The highest BCUT2D eigenvalue weighted by Gasteiger charge is 2.26. The first-order valence-electron chi connectivity index (χ1n) is 9.68. The van der Waals surface area contributed by atoms with Crippen LogP contribution in [0.3, 0.4) is 0 Å². The number of hydrogen-bond acceptors (Lipinski definition) is 3. The van der Waals surface area contributed by atoms with Crippen LogP contribution >= 0.6 is 0 Å². The van der Waals surface area contributed by atoms with E-state index in [0.29, 0.717) is 25.4 Å². The molecule has 5 heteroatoms. The van der Waals surface area contributed by atoms with Crippen molar-refractivity contribution in [2.45, 2.75) is 39.2 Å². The van der Waals surface area contributed by atoms with E-state index in [-0.39, 0.29) is 11.4 Å². The number of urea groups is 1. The molecule has 0 fully saturated rings. The van der Waals surface area contributed by atoms with E-state index in [1.807, 2.05) is 23.1 Å². The fourth-order valence-corrected chi connectivity index (χ4v) is 3.89. The lowest BCUT2D eigenvalue weighted by molar-refractivity contribution is 0.190. The molecule has 1 N–H and O–H groups in total. The average molecular weight is 383 g/mol. The summed E-state index contributed by atoms with van der Waals surface area (Å²) in [4.78, 5) is 14.7. The molecular weight excluding hydrogens is 352 g/mol. The van der Waals surface area contributed by atoms with E-state index in [9.17, 15) is 4.79 Å². The number of carbonyl (C=O) groups excluding carboxylic acids is 1. The Labute approximate surface area is 167 Å². The highest BCUT2D eigenvalue weighted by molar-refractivity contribution is 5.75. The number of hydrogen-bond donors (Lipinski definition) is 1. The van der Waals surface area contributed by atoms with E-state index in [1.54, 1.807) is 14.2 Å². The van der Waals surface area contributed by atoms with Crippen molar-refractivity contribution >= 4 is 6.03 Å². The summed E-state index contributed by atoms with van der Waals surface area (Å²) in [5.41, 5.74) is 4.69. The summed E-state index contributed by atoms with van der Waals surface area (Å²) < 4.78 is 10.8. The number of nitrogens with one attached hydrogen (secondary N) is 1. The molecule has 1 heterocycles. The number of amides is 2. The van der Waals surface area contributed by atoms with Gasteiger partial charge in [-0.05, 0) is 47.7 Å². The van der Waals surface area contributed by atoms with E-state index >= 15 is 0 Å². The quantitative estimate of drug-likeness (QED) is 0.848. The number of benzene rings is 2. The molecule has 0 saturated carbocycles. The van der Waals surface area contributed by atoms with Gasteiger partial charge in [0.1, 0.15) is 0 Å². The van der Waals surface area contributed by atoms with Crippen LogP contribution in [0.15, 0.2) is 36.4 Å². The smallest absolute Gasteiger partial charge is 0.317 e. The molecule has 0 spiro atoms. The Morgan fingerprint density at radius 3 is 2.39 bits per heavy atom. The van der Waals surface area contributed by atoms with Gasteiger partial charge in [0.15, 0.2) is 11.5 Å². The third-order valence-electron chi connectivity index (χ3n) is 5.56. The number of ether oxygens (including phenoxy) is 2. The van der Waals surface area contributed by atoms with Gasteiger partial charge in [0.05, 0.1) is 14.2 Å². The number of carbonyl (C=O) groups is 1. The topological polar surface area (TPSA) is 50.8 Å². The number of rotatable bonds is 5. The van der Waals surface area contributed by atoms with Crippen LogP contribution in [0.25, 0.3) is 0 Å². The van der Waals surface area contributed by atoms with E-state index in [1.165, 1.54) is 16.7 Å². The normalized spacial score (nSPS) is 13.7. The van der Waals surface area contributed by atoms with Gasteiger partial charge in [-0.25, -0.2) is 4.79 Å². The molecule has 0 aromatic heterocycles. The predicted molar refractivity (Wildman–Crippen MR) is 111 cm³/mol. The number of fused-ring (bicyclic) bond motifs is 1. The Balaban J connectivity index is 1.67. The molecule has 150 valence electrons. The largest absolute Gasteiger partial charge is 0.493 e. The third-order valence-corrected chi connectivity index (χ3v) is 5.56. The maximum absolute atomic E-state index is 12.8. The molecule has 2 aromatic rings. The van der Waals surface area contributed by atoms with Crippen LogP contribution in [0, 0.1) is 6.92 Å². The molecule has 1 aliphatic heterocycles. The minimum absolute atomic E-state index is 0.0258. The summed E-state index contributed by atoms with van der Waals surface area (Å²) in [6.07, 6.45) is 0.810. The maximum Gasteiger partial charge on any atom is 0.317 e. The Hall–Kier alpha value is -2.69. The third kappa shape index (κ3) is 4.08. The van der Waals surface area contributed by atoms with Gasteiger partial charge in [-0.3, -0.25) is 0 Å². The van der Waals surface area contributed by atoms with Crippen molar-refractivity contribution in [1.82, 2.24) is 10.2 Å². The zero-order valence-electron chi connectivity index (χ0n) is 17.5. The summed E-state index contributed by atoms with van der Waals surface area (Å²) in [6.45, 7) is 8.30. The number of aryl methyl sites for hydroxylation is 1. The van der Waals surface area contributed by atoms with Crippen LogP contribution in [0.1, 0.15) is 36.1 Å². The van der Waals surface area contributed by atoms with Crippen molar-refractivity contribution in [2.24, 2.45) is 0 Å². The molecule has 28 heavy (non-hydrogen) atoms. The first-order chi connectivity index (χ1) is 13.4. The minimum atomic E-state index is -0.134. The lowest BCUT2D eigenvalue weighted by atomic mass is 9.82. The van der Waals surface area contributed by atoms with Gasteiger partial charge in [0.25, 0.3) is 0 Å². The van der Waals surface area contributed by atoms with Crippen molar-refractivity contribution in [2.75, 3.05) is 27.3 Å². The van der Waals surface area contributed by atoms with Crippen molar-refractivity contribution in [3.05, 3.63) is 58.7 Å². The van der Waals surface area contributed by atoms with Crippen LogP contribution in [0.2, 0.25) is 0 Å². The van der Waals surface area contributed by atoms with Crippen LogP contribution in [0.4, 0.5) is 4.79 Å². The molecule has 0 atom stereocenters. The molecule has 0 bridgehead atoms. The van der Waals surface area contributed by atoms with Crippen molar-refractivity contribution in [1.29, 1.82) is 0 Å². The molecule has 3 rings (SSSR count). The second-order valence-electron chi connectivity index (χ2n) is 8.00. The maximum atomic E-state index is 12.8. The van der Waals surface area contributed by atoms with E-state index in [4.69, 9.17) is 9.47 Å². The SMILES string of the molecule is COc1cc2c(cc1OC)CN(C(=O)NCC(C)(C)c1ccccc1C)CC2. The zero-order chi connectivity index (χ0) is 20.3. The highest BCUT2D eigenvalue weighted by atomic mass is 16.5. The summed E-state index contributed by atoms with van der Waals surface area (Å²) in [7, 11) is 3.27. The van der Waals surface area contributed by atoms with Crippen molar-refractivity contribution in [3.8, 4) is 11.5 Å². The minimum Gasteiger partial charge on any atom is -0.493 e. The number of nitrogens with zero attached hydrogens (tertiary/aromatic N) is 1. The van der Waals surface area contributed by atoms with Crippen molar-refractivity contribution < 1.29 is 14.3 Å². The molecule has 0 saturated heterocycles. The predicted octanol–water partition coefficient (Wildman–Crippen LogP) is 4.06. The molecule has 0 radical (unpaired) electrons. The molecule has 2 aromatic carbocycles. The molecule has 2 amide bonds. The fraction of sp³-hybridized carbons (Fsp3) is 0.435. The fourth-order valence-electron chi connectivity index (χ4n) is 3.89. The van der Waals surface area contributed by atoms with Gasteiger partial charge in [0.2, 0.25) is 0 Å². The molecule has 0 unspecified atom stereocenters. The molecule has 5 nitrogen and oxygen atoms in total. The van der Waals surface area contributed by atoms with Gasteiger partial charge < -0.3 is 19.7 Å².